The number of methoxy groups -OCH3 is 1. The highest BCUT2D eigenvalue weighted by molar-refractivity contribution is 7.89. The maximum absolute atomic E-state index is 12.5. The standard InChI is InChI=1S/C14H21ClN2O4S/c1-4-17(5-2)22(19,20)11-6-7-13(15)12(10-11)14(18)16-8-9-21-3/h6-7,10H,4-5,8-9H2,1-3H3,(H,16,18). The summed E-state index contributed by atoms with van der Waals surface area (Å²) in [7, 11) is -2.10. The van der Waals surface area contributed by atoms with Crippen LogP contribution in [-0.2, 0) is 14.8 Å². The molecule has 0 saturated carbocycles. The zero-order chi connectivity index (χ0) is 16.8. The summed E-state index contributed by atoms with van der Waals surface area (Å²) in [6, 6.07) is 4.13. The fourth-order valence-corrected chi connectivity index (χ4v) is 3.60. The van der Waals surface area contributed by atoms with Crippen LogP contribution in [0.25, 0.3) is 0 Å². The lowest BCUT2D eigenvalue weighted by Crippen LogP contribution is -2.31. The number of halogens is 1. The number of sulfonamides is 1. The van der Waals surface area contributed by atoms with Gasteiger partial charge in [-0.05, 0) is 18.2 Å². The maximum Gasteiger partial charge on any atom is 0.252 e. The molecule has 0 atom stereocenters. The number of hydrogen-bond acceptors (Lipinski definition) is 4. The molecule has 1 amide bonds. The minimum Gasteiger partial charge on any atom is -0.383 e. The molecule has 1 aromatic carbocycles. The minimum atomic E-state index is -3.63. The lowest BCUT2D eigenvalue weighted by atomic mass is 10.2. The number of ether oxygens (including phenoxy) is 1. The van der Waals surface area contributed by atoms with Crippen LogP contribution in [0.15, 0.2) is 23.1 Å². The summed E-state index contributed by atoms with van der Waals surface area (Å²) in [5.41, 5.74) is 0.131. The van der Waals surface area contributed by atoms with Crippen molar-refractivity contribution < 1.29 is 17.9 Å². The number of carbonyl (C=O) groups excluding carboxylic acids is 1. The van der Waals surface area contributed by atoms with Crippen LogP contribution in [0.3, 0.4) is 0 Å². The van der Waals surface area contributed by atoms with Gasteiger partial charge in [-0.2, -0.15) is 4.31 Å². The Morgan fingerprint density at radius 3 is 2.50 bits per heavy atom. The Kier molecular flexibility index (Phi) is 7.28. The molecule has 0 fully saturated rings. The fraction of sp³-hybridized carbons (Fsp3) is 0.500. The summed E-state index contributed by atoms with van der Waals surface area (Å²) in [6.07, 6.45) is 0. The van der Waals surface area contributed by atoms with Gasteiger partial charge in [-0.15, -0.1) is 0 Å². The van der Waals surface area contributed by atoms with E-state index in [0.29, 0.717) is 26.2 Å². The van der Waals surface area contributed by atoms with E-state index < -0.39 is 15.9 Å². The lowest BCUT2D eigenvalue weighted by molar-refractivity contribution is 0.0937. The van der Waals surface area contributed by atoms with Crippen molar-refractivity contribution in [1.29, 1.82) is 0 Å². The third-order valence-corrected chi connectivity index (χ3v) is 5.49. The molecule has 124 valence electrons. The summed E-state index contributed by atoms with van der Waals surface area (Å²) < 4.78 is 31.1. The summed E-state index contributed by atoms with van der Waals surface area (Å²) in [5.74, 6) is -0.432. The number of nitrogens with one attached hydrogen (secondary N) is 1. The first kappa shape index (κ1) is 18.9. The lowest BCUT2D eigenvalue weighted by Gasteiger charge is -2.19. The zero-order valence-electron chi connectivity index (χ0n) is 12.9. The minimum absolute atomic E-state index is 0.0532. The van der Waals surface area contributed by atoms with E-state index in [1.165, 1.54) is 29.6 Å². The molecule has 0 aliphatic carbocycles. The van der Waals surface area contributed by atoms with E-state index in [-0.39, 0.29) is 15.5 Å². The van der Waals surface area contributed by atoms with Gasteiger partial charge < -0.3 is 10.1 Å². The Balaban J connectivity index is 3.11. The molecular formula is C14H21ClN2O4S. The summed E-state index contributed by atoms with van der Waals surface area (Å²) in [4.78, 5) is 12.1. The van der Waals surface area contributed by atoms with Crippen molar-refractivity contribution in [3.8, 4) is 0 Å². The second-order valence-corrected chi connectivity index (χ2v) is 6.82. The maximum atomic E-state index is 12.5. The van der Waals surface area contributed by atoms with Gasteiger partial charge in [0.15, 0.2) is 0 Å². The molecule has 0 aliphatic rings. The predicted octanol–water partition coefficient (Wildman–Crippen LogP) is 1.75. The Hall–Kier alpha value is -1.15. The SMILES string of the molecule is CCN(CC)S(=O)(=O)c1ccc(Cl)c(C(=O)NCCOC)c1. The van der Waals surface area contributed by atoms with E-state index >= 15 is 0 Å². The fourth-order valence-electron chi connectivity index (χ4n) is 1.91. The number of carbonyl (C=O) groups is 1. The van der Waals surface area contributed by atoms with Crippen LogP contribution in [0.1, 0.15) is 24.2 Å². The highest BCUT2D eigenvalue weighted by Crippen LogP contribution is 2.23. The van der Waals surface area contributed by atoms with Crippen LogP contribution in [-0.4, -0.2) is 52.0 Å². The van der Waals surface area contributed by atoms with Crippen LogP contribution in [0.4, 0.5) is 0 Å². The van der Waals surface area contributed by atoms with E-state index in [1.807, 2.05) is 0 Å². The third kappa shape index (κ3) is 4.42. The van der Waals surface area contributed by atoms with Crippen LogP contribution < -0.4 is 5.32 Å². The van der Waals surface area contributed by atoms with Crippen LogP contribution in [0, 0.1) is 0 Å². The van der Waals surface area contributed by atoms with Crippen molar-refractivity contribution >= 4 is 27.5 Å². The number of rotatable bonds is 8. The predicted molar refractivity (Wildman–Crippen MR) is 85.8 cm³/mol. The van der Waals surface area contributed by atoms with E-state index in [2.05, 4.69) is 5.32 Å². The van der Waals surface area contributed by atoms with Crippen molar-refractivity contribution in [2.45, 2.75) is 18.7 Å². The van der Waals surface area contributed by atoms with Crippen molar-refractivity contribution in [1.82, 2.24) is 9.62 Å². The van der Waals surface area contributed by atoms with Gasteiger partial charge in [-0.25, -0.2) is 8.42 Å². The van der Waals surface area contributed by atoms with Gasteiger partial charge in [0.25, 0.3) is 5.91 Å². The van der Waals surface area contributed by atoms with Crippen LogP contribution in [0.2, 0.25) is 5.02 Å². The quantitative estimate of drug-likeness (QED) is 0.726. The molecule has 0 aromatic heterocycles. The first-order valence-corrected chi connectivity index (χ1v) is 8.77. The van der Waals surface area contributed by atoms with E-state index in [1.54, 1.807) is 13.8 Å². The summed E-state index contributed by atoms with van der Waals surface area (Å²) in [6.45, 7) is 4.91. The number of amides is 1. The normalized spacial score (nSPS) is 11.7. The second-order valence-electron chi connectivity index (χ2n) is 4.48. The molecule has 0 bridgehead atoms. The highest BCUT2D eigenvalue weighted by Gasteiger charge is 2.23. The number of benzene rings is 1. The van der Waals surface area contributed by atoms with Gasteiger partial charge in [0, 0.05) is 26.7 Å². The average molecular weight is 349 g/mol. The number of hydrogen-bond donors (Lipinski definition) is 1. The Morgan fingerprint density at radius 2 is 1.95 bits per heavy atom. The van der Waals surface area contributed by atoms with Gasteiger partial charge in [-0.3, -0.25) is 4.79 Å². The van der Waals surface area contributed by atoms with Crippen molar-refractivity contribution in [2.24, 2.45) is 0 Å². The number of nitrogens with zero attached hydrogens (tertiary/aromatic N) is 1. The molecule has 0 spiro atoms. The molecule has 0 heterocycles. The molecule has 1 rings (SSSR count). The molecule has 0 unspecified atom stereocenters. The summed E-state index contributed by atoms with van der Waals surface area (Å²) in [5, 5.41) is 2.82. The average Bonchev–Trinajstić information content (AvgIpc) is 2.48. The largest absolute Gasteiger partial charge is 0.383 e. The molecular weight excluding hydrogens is 328 g/mol. The van der Waals surface area contributed by atoms with E-state index in [9.17, 15) is 13.2 Å². The monoisotopic (exact) mass is 348 g/mol. The molecule has 0 radical (unpaired) electrons. The Morgan fingerprint density at radius 1 is 1.32 bits per heavy atom. The molecule has 8 heteroatoms. The van der Waals surface area contributed by atoms with Gasteiger partial charge in [0.2, 0.25) is 10.0 Å². The second kappa shape index (κ2) is 8.47. The van der Waals surface area contributed by atoms with Gasteiger partial charge in [0.1, 0.15) is 0 Å². The van der Waals surface area contributed by atoms with Crippen LogP contribution >= 0.6 is 11.6 Å². The summed E-state index contributed by atoms with van der Waals surface area (Å²) >= 11 is 6.00. The topological polar surface area (TPSA) is 75.7 Å². The van der Waals surface area contributed by atoms with Crippen molar-refractivity contribution in [2.75, 3.05) is 33.4 Å². The van der Waals surface area contributed by atoms with Crippen LogP contribution in [0.5, 0.6) is 0 Å². The first-order chi connectivity index (χ1) is 10.4. The van der Waals surface area contributed by atoms with Gasteiger partial charge in [0.05, 0.1) is 22.1 Å². The van der Waals surface area contributed by atoms with E-state index in [4.69, 9.17) is 16.3 Å². The van der Waals surface area contributed by atoms with Crippen molar-refractivity contribution in [3.63, 3.8) is 0 Å². The van der Waals surface area contributed by atoms with Crippen molar-refractivity contribution in [3.05, 3.63) is 28.8 Å². The van der Waals surface area contributed by atoms with Gasteiger partial charge >= 0.3 is 0 Å². The molecule has 6 nitrogen and oxygen atoms in total. The molecule has 1 N–H and O–H groups in total. The Bertz CT molecular complexity index is 615. The molecule has 0 aliphatic heterocycles. The van der Waals surface area contributed by atoms with Gasteiger partial charge in [-0.1, -0.05) is 25.4 Å². The molecule has 0 saturated heterocycles. The third-order valence-electron chi connectivity index (χ3n) is 3.12. The Labute approximate surface area is 136 Å². The first-order valence-electron chi connectivity index (χ1n) is 6.95. The molecule has 22 heavy (non-hydrogen) atoms. The molecule has 1 aromatic rings. The van der Waals surface area contributed by atoms with E-state index in [0.717, 1.165) is 0 Å². The zero-order valence-corrected chi connectivity index (χ0v) is 14.5. The highest BCUT2D eigenvalue weighted by atomic mass is 35.5. The smallest absolute Gasteiger partial charge is 0.252 e.